The van der Waals surface area contributed by atoms with Crippen molar-refractivity contribution >= 4 is 11.8 Å². The molecule has 1 aliphatic carbocycles. The molecule has 2 fully saturated rings. The van der Waals surface area contributed by atoms with Crippen LogP contribution in [0, 0.1) is 5.92 Å². The summed E-state index contributed by atoms with van der Waals surface area (Å²) in [6.45, 7) is 0. The predicted molar refractivity (Wildman–Crippen MR) is 73.4 cm³/mol. The lowest BCUT2D eigenvalue weighted by molar-refractivity contribution is 0.121. The smallest absolute Gasteiger partial charge is 0.0826 e. The molecule has 1 aliphatic heterocycles. The van der Waals surface area contributed by atoms with Crippen LogP contribution in [0.2, 0.25) is 0 Å². The number of hydrogen-bond donors (Lipinski definition) is 1. The monoisotopic (exact) mass is 248 g/mol. The molecule has 17 heavy (non-hydrogen) atoms. The van der Waals surface area contributed by atoms with Gasteiger partial charge in [-0.05, 0) is 53.7 Å². The summed E-state index contributed by atoms with van der Waals surface area (Å²) in [5.41, 5.74) is 2.58. The minimum atomic E-state index is -0.245. The third kappa shape index (κ3) is 2.38. The first-order valence-electron chi connectivity index (χ1n) is 6.70. The normalized spacial score (nSPS) is 26.8. The highest BCUT2D eigenvalue weighted by Gasteiger charge is 2.26. The first kappa shape index (κ1) is 11.6. The van der Waals surface area contributed by atoms with E-state index in [0.29, 0.717) is 5.92 Å². The molecule has 2 atom stereocenters. The van der Waals surface area contributed by atoms with Gasteiger partial charge in [0.2, 0.25) is 0 Å². The maximum absolute atomic E-state index is 10.4. The van der Waals surface area contributed by atoms with Crippen LogP contribution >= 0.6 is 11.8 Å². The minimum absolute atomic E-state index is 0.245. The molecular formula is C15H20OS. The molecular weight excluding hydrogens is 228 g/mol. The van der Waals surface area contributed by atoms with Crippen LogP contribution in [-0.4, -0.2) is 16.6 Å². The number of thioether (sulfide) groups is 1. The summed E-state index contributed by atoms with van der Waals surface area (Å²) < 4.78 is 0. The van der Waals surface area contributed by atoms with Crippen LogP contribution in [0.4, 0.5) is 0 Å². The zero-order valence-corrected chi connectivity index (χ0v) is 11.0. The molecule has 2 unspecified atom stereocenters. The Balaban J connectivity index is 1.76. The lowest BCUT2D eigenvalue weighted by atomic mass is 9.79. The van der Waals surface area contributed by atoms with Crippen molar-refractivity contribution in [3.8, 4) is 0 Å². The van der Waals surface area contributed by atoms with E-state index in [-0.39, 0.29) is 6.10 Å². The lowest BCUT2D eigenvalue weighted by Gasteiger charge is -2.27. The number of aliphatic hydroxyl groups is 1. The SMILES string of the molecule is OC(c1cccc(C2CCC2)c1)C1CCSC1. The van der Waals surface area contributed by atoms with Gasteiger partial charge in [-0.25, -0.2) is 0 Å². The number of benzene rings is 1. The van der Waals surface area contributed by atoms with E-state index in [2.05, 4.69) is 24.3 Å². The van der Waals surface area contributed by atoms with Gasteiger partial charge in [0.15, 0.2) is 0 Å². The van der Waals surface area contributed by atoms with E-state index in [0.717, 1.165) is 17.2 Å². The van der Waals surface area contributed by atoms with Gasteiger partial charge in [0.25, 0.3) is 0 Å². The molecule has 1 nitrogen and oxygen atoms in total. The molecule has 0 bridgehead atoms. The maximum atomic E-state index is 10.4. The van der Waals surface area contributed by atoms with Crippen LogP contribution in [0.1, 0.15) is 48.8 Å². The zero-order chi connectivity index (χ0) is 11.7. The molecule has 0 aromatic heterocycles. The standard InChI is InChI=1S/C15H20OS/c16-15(14-7-8-17-10-14)13-6-2-5-12(9-13)11-3-1-4-11/h2,5-6,9,11,14-16H,1,3-4,7-8,10H2. The Morgan fingerprint density at radius 3 is 2.76 bits per heavy atom. The van der Waals surface area contributed by atoms with E-state index in [4.69, 9.17) is 0 Å². The van der Waals surface area contributed by atoms with Crippen LogP contribution in [0.5, 0.6) is 0 Å². The van der Waals surface area contributed by atoms with Gasteiger partial charge in [0.1, 0.15) is 0 Å². The first-order chi connectivity index (χ1) is 8.34. The molecule has 2 aliphatic rings. The average molecular weight is 248 g/mol. The molecule has 3 rings (SSSR count). The van der Waals surface area contributed by atoms with Crippen molar-refractivity contribution in [3.63, 3.8) is 0 Å². The van der Waals surface area contributed by atoms with E-state index in [1.165, 1.54) is 37.0 Å². The third-order valence-electron chi connectivity index (χ3n) is 4.24. The third-order valence-corrected chi connectivity index (χ3v) is 5.43. The van der Waals surface area contributed by atoms with Crippen molar-refractivity contribution in [2.75, 3.05) is 11.5 Å². The van der Waals surface area contributed by atoms with Gasteiger partial charge < -0.3 is 5.11 Å². The summed E-state index contributed by atoms with van der Waals surface area (Å²) in [5, 5.41) is 10.4. The molecule has 2 heteroatoms. The van der Waals surface area contributed by atoms with E-state index in [1.54, 1.807) is 0 Å². The quantitative estimate of drug-likeness (QED) is 0.879. The van der Waals surface area contributed by atoms with Gasteiger partial charge in [0, 0.05) is 0 Å². The van der Waals surface area contributed by atoms with Gasteiger partial charge in [-0.3, -0.25) is 0 Å². The predicted octanol–water partition coefficient (Wildman–Crippen LogP) is 3.74. The largest absolute Gasteiger partial charge is 0.388 e. The summed E-state index contributed by atoms with van der Waals surface area (Å²) in [5.74, 6) is 3.57. The summed E-state index contributed by atoms with van der Waals surface area (Å²) >= 11 is 1.97. The van der Waals surface area contributed by atoms with Gasteiger partial charge in [-0.2, -0.15) is 11.8 Å². The molecule has 1 saturated heterocycles. The summed E-state index contributed by atoms with van der Waals surface area (Å²) in [7, 11) is 0. The van der Waals surface area contributed by atoms with E-state index in [9.17, 15) is 5.11 Å². The Kier molecular flexibility index (Phi) is 3.44. The highest BCUT2D eigenvalue weighted by Crippen LogP contribution is 2.39. The van der Waals surface area contributed by atoms with Crippen LogP contribution in [-0.2, 0) is 0 Å². The highest BCUT2D eigenvalue weighted by atomic mass is 32.2. The topological polar surface area (TPSA) is 20.2 Å². The van der Waals surface area contributed by atoms with Crippen molar-refractivity contribution in [2.45, 2.75) is 37.7 Å². The van der Waals surface area contributed by atoms with E-state index in [1.807, 2.05) is 11.8 Å². The molecule has 0 spiro atoms. The van der Waals surface area contributed by atoms with Crippen LogP contribution in [0.15, 0.2) is 24.3 Å². The van der Waals surface area contributed by atoms with E-state index >= 15 is 0 Å². The second-order valence-electron chi connectivity index (χ2n) is 5.37. The van der Waals surface area contributed by atoms with Crippen molar-refractivity contribution in [2.24, 2.45) is 5.92 Å². The molecule has 1 aromatic carbocycles. The Morgan fingerprint density at radius 1 is 1.24 bits per heavy atom. The second-order valence-corrected chi connectivity index (χ2v) is 6.52. The fourth-order valence-electron chi connectivity index (χ4n) is 2.81. The fraction of sp³-hybridized carbons (Fsp3) is 0.600. The summed E-state index contributed by atoms with van der Waals surface area (Å²) in [6, 6.07) is 8.69. The van der Waals surface area contributed by atoms with Crippen molar-refractivity contribution in [3.05, 3.63) is 35.4 Å². The van der Waals surface area contributed by atoms with Crippen LogP contribution in [0.25, 0.3) is 0 Å². The average Bonchev–Trinajstić information content (AvgIpc) is 2.79. The lowest BCUT2D eigenvalue weighted by Crippen LogP contribution is -2.13. The van der Waals surface area contributed by atoms with Gasteiger partial charge >= 0.3 is 0 Å². The first-order valence-corrected chi connectivity index (χ1v) is 7.86. The van der Waals surface area contributed by atoms with Gasteiger partial charge in [0.05, 0.1) is 6.10 Å². The Bertz CT molecular complexity index is 380. The molecule has 1 heterocycles. The molecule has 0 amide bonds. The zero-order valence-electron chi connectivity index (χ0n) is 10.1. The minimum Gasteiger partial charge on any atom is -0.388 e. The second kappa shape index (κ2) is 5.03. The molecule has 1 aromatic rings. The van der Waals surface area contributed by atoms with Crippen molar-refractivity contribution in [1.29, 1.82) is 0 Å². The van der Waals surface area contributed by atoms with Crippen molar-refractivity contribution < 1.29 is 5.11 Å². The molecule has 0 radical (unpaired) electrons. The van der Waals surface area contributed by atoms with Gasteiger partial charge in [-0.1, -0.05) is 30.7 Å². The summed E-state index contributed by atoms with van der Waals surface area (Å²) in [6.07, 6.45) is 4.96. The fourth-order valence-corrected chi connectivity index (χ4v) is 4.10. The number of hydrogen-bond acceptors (Lipinski definition) is 2. The Hall–Kier alpha value is -0.470. The summed E-state index contributed by atoms with van der Waals surface area (Å²) in [4.78, 5) is 0. The molecule has 1 N–H and O–H groups in total. The van der Waals surface area contributed by atoms with Crippen LogP contribution in [0.3, 0.4) is 0 Å². The molecule has 1 saturated carbocycles. The van der Waals surface area contributed by atoms with Crippen LogP contribution < -0.4 is 0 Å². The Morgan fingerprint density at radius 2 is 2.12 bits per heavy atom. The highest BCUT2D eigenvalue weighted by molar-refractivity contribution is 7.99. The number of rotatable bonds is 3. The van der Waals surface area contributed by atoms with E-state index < -0.39 is 0 Å². The van der Waals surface area contributed by atoms with Crippen molar-refractivity contribution in [1.82, 2.24) is 0 Å². The molecule has 92 valence electrons. The maximum Gasteiger partial charge on any atom is 0.0826 e. The Labute approximate surface area is 108 Å². The van der Waals surface area contributed by atoms with Gasteiger partial charge in [-0.15, -0.1) is 0 Å². The number of aliphatic hydroxyl groups excluding tert-OH is 1.